The maximum absolute atomic E-state index is 3.76. The summed E-state index contributed by atoms with van der Waals surface area (Å²) in [6.45, 7) is 5.98. The minimum Gasteiger partial charge on any atom is -0.343 e. The summed E-state index contributed by atoms with van der Waals surface area (Å²) in [6.07, 6.45) is 6.52. The second kappa shape index (κ2) is 10.5. The molecule has 0 aliphatic carbocycles. The van der Waals surface area contributed by atoms with E-state index >= 15 is 0 Å². The van der Waals surface area contributed by atoms with Gasteiger partial charge in [-0.1, -0.05) is 32.6 Å². The standard InChI is InChI=1S/C7H15.Ni/c1-3-5-7-6-4-2;/h1,3-7H2,2H3;/q-1;. The molecule has 0 radical (unpaired) electrons. The first-order valence-electron chi connectivity index (χ1n) is 3.21. The quantitative estimate of drug-likeness (QED) is 0.335. The molecule has 0 heterocycles. The van der Waals surface area contributed by atoms with E-state index in [4.69, 9.17) is 0 Å². The predicted molar refractivity (Wildman–Crippen MR) is 34.1 cm³/mol. The van der Waals surface area contributed by atoms with Gasteiger partial charge in [0.1, 0.15) is 0 Å². The normalized spacial score (nSPS) is 8.25. The maximum Gasteiger partial charge on any atom is 0 e. The van der Waals surface area contributed by atoms with Crippen LogP contribution in [0.5, 0.6) is 0 Å². The van der Waals surface area contributed by atoms with Crippen LogP contribution in [0.2, 0.25) is 0 Å². The molecule has 1 heteroatoms. The van der Waals surface area contributed by atoms with E-state index in [2.05, 4.69) is 13.8 Å². The van der Waals surface area contributed by atoms with Crippen molar-refractivity contribution in [3.63, 3.8) is 0 Å². The van der Waals surface area contributed by atoms with Gasteiger partial charge in [-0.15, -0.1) is 0 Å². The smallest absolute Gasteiger partial charge is 0 e. The van der Waals surface area contributed by atoms with Crippen LogP contribution in [0.15, 0.2) is 0 Å². The summed E-state index contributed by atoms with van der Waals surface area (Å²) in [6, 6.07) is 0. The Bertz CT molecular complexity index is 23.6. The Morgan fingerprint density at radius 2 is 1.75 bits per heavy atom. The van der Waals surface area contributed by atoms with E-state index in [-0.39, 0.29) is 16.5 Å². The Balaban J connectivity index is 0. The van der Waals surface area contributed by atoms with Crippen LogP contribution < -0.4 is 0 Å². The molecular formula is C7H15Ni-. The van der Waals surface area contributed by atoms with Crippen LogP contribution in [0.25, 0.3) is 0 Å². The van der Waals surface area contributed by atoms with Crippen LogP contribution in [0.3, 0.4) is 0 Å². The van der Waals surface area contributed by atoms with E-state index in [0.717, 1.165) is 6.42 Å². The van der Waals surface area contributed by atoms with Gasteiger partial charge in [0.15, 0.2) is 0 Å². The molecule has 54 valence electrons. The van der Waals surface area contributed by atoms with Gasteiger partial charge in [0.25, 0.3) is 0 Å². The summed E-state index contributed by atoms with van der Waals surface area (Å²) in [4.78, 5) is 0. The molecule has 0 N–H and O–H groups in total. The zero-order chi connectivity index (χ0) is 5.54. The fraction of sp³-hybridized carbons (Fsp3) is 0.857. The first-order valence-corrected chi connectivity index (χ1v) is 3.21. The Morgan fingerprint density at radius 3 is 2.12 bits per heavy atom. The molecule has 0 fully saturated rings. The molecule has 0 saturated heterocycles. The predicted octanol–water partition coefficient (Wildman–Crippen LogP) is 2.79. The van der Waals surface area contributed by atoms with Crippen LogP contribution in [0.4, 0.5) is 0 Å². The van der Waals surface area contributed by atoms with Crippen LogP contribution in [-0.2, 0) is 16.5 Å². The van der Waals surface area contributed by atoms with E-state index in [1.807, 2.05) is 0 Å². The Labute approximate surface area is 63.0 Å². The van der Waals surface area contributed by atoms with Crippen molar-refractivity contribution >= 4 is 0 Å². The average Bonchev–Trinajstić information content (AvgIpc) is 1.69. The molecule has 0 aliphatic heterocycles. The van der Waals surface area contributed by atoms with E-state index in [9.17, 15) is 0 Å². The molecule has 0 spiro atoms. The van der Waals surface area contributed by atoms with Crippen molar-refractivity contribution in [1.29, 1.82) is 0 Å². The summed E-state index contributed by atoms with van der Waals surface area (Å²) in [5, 5.41) is 0. The monoisotopic (exact) mass is 157 g/mol. The third-order valence-electron chi connectivity index (χ3n) is 1.10. The molecular weight excluding hydrogens is 143 g/mol. The minimum atomic E-state index is 0. The van der Waals surface area contributed by atoms with Crippen LogP contribution >= 0.6 is 0 Å². The van der Waals surface area contributed by atoms with Gasteiger partial charge in [0.05, 0.1) is 0 Å². The number of hydrogen-bond donors (Lipinski definition) is 0. The third kappa shape index (κ3) is 9.71. The van der Waals surface area contributed by atoms with Crippen molar-refractivity contribution < 1.29 is 16.5 Å². The molecule has 0 saturated carbocycles. The average molecular weight is 158 g/mol. The third-order valence-corrected chi connectivity index (χ3v) is 1.10. The first-order chi connectivity index (χ1) is 3.41. The molecule has 0 amide bonds. The van der Waals surface area contributed by atoms with Gasteiger partial charge < -0.3 is 6.92 Å². The van der Waals surface area contributed by atoms with E-state index in [0.29, 0.717) is 0 Å². The fourth-order valence-electron chi connectivity index (χ4n) is 0.604. The molecule has 0 rings (SSSR count). The van der Waals surface area contributed by atoms with Crippen LogP contribution in [0, 0.1) is 6.92 Å². The zero-order valence-corrected chi connectivity index (χ0v) is 6.55. The molecule has 0 atom stereocenters. The van der Waals surface area contributed by atoms with E-state index in [1.54, 1.807) is 0 Å². The molecule has 0 aromatic heterocycles. The molecule has 0 aromatic carbocycles. The Kier molecular flexibility index (Phi) is 14.8. The van der Waals surface area contributed by atoms with Gasteiger partial charge >= 0.3 is 0 Å². The second-order valence-electron chi connectivity index (χ2n) is 1.91. The molecule has 0 bridgehead atoms. The van der Waals surface area contributed by atoms with Crippen molar-refractivity contribution in [1.82, 2.24) is 0 Å². The zero-order valence-electron chi connectivity index (χ0n) is 5.56. The molecule has 0 aromatic rings. The summed E-state index contributed by atoms with van der Waals surface area (Å²) in [7, 11) is 0. The first kappa shape index (κ1) is 11.3. The van der Waals surface area contributed by atoms with E-state index in [1.165, 1.54) is 25.7 Å². The summed E-state index contributed by atoms with van der Waals surface area (Å²) >= 11 is 0. The number of rotatable bonds is 4. The second-order valence-corrected chi connectivity index (χ2v) is 1.91. The molecule has 8 heavy (non-hydrogen) atoms. The fourth-order valence-corrected chi connectivity index (χ4v) is 0.604. The Hall–Kier alpha value is 0.494. The minimum absolute atomic E-state index is 0. The maximum atomic E-state index is 3.76. The van der Waals surface area contributed by atoms with Gasteiger partial charge in [-0.25, -0.2) is 0 Å². The van der Waals surface area contributed by atoms with Gasteiger partial charge in [0.2, 0.25) is 0 Å². The van der Waals surface area contributed by atoms with Gasteiger partial charge in [-0.3, -0.25) is 0 Å². The Morgan fingerprint density at radius 1 is 1.12 bits per heavy atom. The molecule has 0 unspecified atom stereocenters. The van der Waals surface area contributed by atoms with Crippen LogP contribution in [0.1, 0.15) is 39.0 Å². The topological polar surface area (TPSA) is 0 Å². The molecule has 0 nitrogen and oxygen atoms in total. The van der Waals surface area contributed by atoms with Crippen molar-refractivity contribution in [3.8, 4) is 0 Å². The van der Waals surface area contributed by atoms with E-state index < -0.39 is 0 Å². The summed E-state index contributed by atoms with van der Waals surface area (Å²) < 4.78 is 0. The van der Waals surface area contributed by atoms with Gasteiger partial charge in [-0.2, -0.15) is 6.42 Å². The molecule has 0 aliphatic rings. The van der Waals surface area contributed by atoms with Crippen molar-refractivity contribution in [2.45, 2.75) is 39.0 Å². The van der Waals surface area contributed by atoms with Crippen LogP contribution in [-0.4, -0.2) is 0 Å². The summed E-state index contributed by atoms with van der Waals surface area (Å²) in [5.41, 5.74) is 0. The number of hydrogen-bond acceptors (Lipinski definition) is 0. The van der Waals surface area contributed by atoms with Gasteiger partial charge in [0, 0.05) is 16.5 Å². The van der Waals surface area contributed by atoms with Crippen molar-refractivity contribution in [3.05, 3.63) is 6.92 Å². The van der Waals surface area contributed by atoms with Crippen molar-refractivity contribution in [2.75, 3.05) is 0 Å². The summed E-state index contributed by atoms with van der Waals surface area (Å²) in [5.74, 6) is 0. The van der Waals surface area contributed by atoms with Gasteiger partial charge in [-0.05, 0) is 0 Å². The SMILES string of the molecule is [CH2-]CCCCCC.[Ni]. The van der Waals surface area contributed by atoms with Crippen molar-refractivity contribution in [2.24, 2.45) is 0 Å². The largest absolute Gasteiger partial charge is 0.343 e. The number of unbranched alkanes of at least 4 members (excludes halogenated alkanes) is 4.